The summed E-state index contributed by atoms with van der Waals surface area (Å²) in [7, 11) is -4.04. The quantitative estimate of drug-likeness (QED) is 0.830. The van der Waals surface area contributed by atoms with Gasteiger partial charge >= 0.3 is 5.97 Å². The van der Waals surface area contributed by atoms with Crippen LogP contribution < -0.4 is 4.72 Å². The Morgan fingerprint density at radius 2 is 2.15 bits per heavy atom. The predicted molar refractivity (Wildman–Crippen MR) is 65.4 cm³/mol. The van der Waals surface area contributed by atoms with Crippen LogP contribution in [-0.4, -0.2) is 24.5 Å². The van der Waals surface area contributed by atoms with Crippen molar-refractivity contribution in [1.29, 1.82) is 0 Å². The van der Waals surface area contributed by atoms with Crippen LogP contribution in [0.4, 0.5) is 10.1 Å². The summed E-state index contributed by atoms with van der Waals surface area (Å²) in [4.78, 5) is 13.7. The number of furan rings is 1. The first-order valence-corrected chi connectivity index (χ1v) is 6.76. The second-order valence-electron chi connectivity index (χ2n) is 3.81. The molecule has 2 aromatic rings. The number of carbonyl (C=O) groups is 1. The van der Waals surface area contributed by atoms with Gasteiger partial charge in [0.05, 0.1) is 11.9 Å². The summed E-state index contributed by atoms with van der Waals surface area (Å²) < 4.78 is 43.7. The molecule has 2 rings (SSSR count). The predicted octanol–water partition coefficient (Wildman–Crippen LogP) is 1.62. The molecular weight excluding hydrogens is 291 g/mol. The highest BCUT2D eigenvalue weighted by atomic mass is 32.2. The second-order valence-corrected chi connectivity index (χ2v) is 5.46. The Hall–Kier alpha value is -2.42. The molecule has 20 heavy (non-hydrogen) atoms. The number of hydrogen-bond donors (Lipinski definition) is 2. The van der Waals surface area contributed by atoms with Gasteiger partial charge in [-0.05, 0) is 19.1 Å². The van der Waals surface area contributed by atoms with E-state index >= 15 is 0 Å². The van der Waals surface area contributed by atoms with Crippen LogP contribution in [0.1, 0.15) is 16.3 Å². The smallest absolute Gasteiger partial charge is 0.371 e. The maximum Gasteiger partial charge on any atom is 0.371 e. The number of pyridine rings is 1. The first-order chi connectivity index (χ1) is 9.29. The zero-order valence-corrected chi connectivity index (χ0v) is 10.9. The van der Waals surface area contributed by atoms with Gasteiger partial charge in [0.15, 0.2) is 0 Å². The summed E-state index contributed by atoms with van der Waals surface area (Å²) in [6.45, 7) is 1.32. The van der Waals surface area contributed by atoms with E-state index < -0.39 is 27.7 Å². The van der Waals surface area contributed by atoms with Crippen molar-refractivity contribution in [2.45, 2.75) is 11.8 Å². The van der Waals surface area contributed by atoms with Crippen molar-refractivity contribution in [2.24, 2.45) is 0 Å². The Morgan fingerprint density at radius 1 is 1.45 bits per heavy atom. The van der Waals surface area contributed by atoms with E-state index in [1.54, 1.807) is 0 Å². The monoisotopic (exact) mass is 300 g/mol. The molecule has 0 saturated carbocycles. The molecule has 0 bridgehead atoms. The van der Waals surface area contributed by atoms with E-state index in [0.29, 0.717) is 0 Å². The maximum atomic E-state index is 12.6. The molecule has 0 spiro atoms. The largest absolute Gasteiger partial charge is 0.475 e. The molecule has 0 aliphatic rings. The highest BCUT2D eigenvalue weighted by Gasteiger charge is 2.24. The molecule has 0 aromatic carbocycles. The number of aromatic nitrogens is 1. The molecular formula is C11H9FN2O5S. The van der Waals surface area contributed by atoms with Gasteiger partial charge in [-0.3, -0.25) is 4.72 Å². The molecule has 0 aliphatic heterocycles. The van der Waals surface area contributed by atoms with Crippen molar-refractivity contribution in [3.8, 4) is 0 Å². The van der Waals surface area contributed by atoms with E-state index in [4.69, 9.17) is 9.52 Å². The van der Waals surface area contributed by atoms with Gasteiger partial charge in [-0.25, -0.2) is 18.2 Å². The van der Waals surface area contributed by atoms with Gasteiger partial charge in [-0.15, -0.1) is 0 Å². The van der Waals surface area contributed by atoms with Gasteiger partial charge < -0.3 is 9.52 Å². The minimum absolute atomic E-state index is 0.0453. The number of halogens is 1. The first-order valence-electron chi connectivity index (χ1n) is 5.28. The molecule has 0 radical (unpaired) electrons. The summed E-state index contributed by atoms with van der Waals surface area (Å²) in [5.41, 5.74) is 0.0453. The number of nitrogens with one attached hydrogen (secondary N) is 1. The van der Waals surface area contributed by atoms with E-state index in [-0.39, 0.29) is 16.3 Å². The van der Waals surface area contributed by atoms with Crippen molar-refractivity contribution < 1.29 is 27.1 Å². The fourth-order valence-electron chi connectivity index (χ4n) is 1.48. The average Bonchev–Trinajstić information content (AvgIpc) is 2.75. The van der Waals surface area contributed by atoms with Crippen LogP contribution in [0.2, 0.25) is 0 Å². The Labute approximate surface area is 113 Å². The SMILES string of the molecule is Cc1oc(C(=O)O)cc1S(=O)(=O)Nc1ccc(F)nc1. The fraction of sp³-hybridized carbons (Fsp3) is 0.0909. The van der Waals surface area contributed by atoms with E-state index in [1.807, 2.05) is 0 Å². The normalized spacial score (nSPS) is 11.3. The van der Waals surface area contributed by atoms with Crippen molar-refractivity contribution in [2.75, 3.05) is 4.72 Å². The van der Waals surface area contributed by atoms with Gasteiger partial charge in [-0.2, -0.15) is 4.39 Å². The minimum Gasteiger partial charge on any atom is -0.475 e. The van der Waals surface area contributed by atoms with E-state index in [9.17, 15) is 17.6 Å². The molecule has 0 saturated heterocycles. The molecule has 2 heterocycles. The van der Waals surface area contributed by atoms with E-state index in [0.717, 1.165) is 18.3 Å². The maximum absolute atomic E-state index is 12.6. The minimum atomic E-state index is -4.04. The summed E-state index contributed by atoms with van der Waals surface area (Å²) in [5.74, 6) is -2.68. The van der Waals surface area contributed by atoms with Crippen LogP contribution in [-0.2, 0) is 10.0 Å². The molecule has 0 aliphatic carbocycles. The topological polar surface area (TPSA) is 109 Å². The molecule has 2 aromatic heterocycles. The second kappa shape index (κ2) is 4.93. The van der Waals surface area contributed by atoms with Crippen LogP contribution in [0.25, 0.3) is 0 Å². The third-order valence-electron chi connectivity index (χ3n) is 2.35. The fourth-order valence-corrected chi connectivity index (χ4v) is 2.71. The first kappa shape index (κ1) is 14.0. The van der Waals surface area contributed by atoms with Gasteiger partial charge in [-0.1, -0.05) is 0 Å². The Kier molecular flexibility index (Phi) is 3.45. The van der Waals surface area contributed by atoms with Crippen molar-refractivity contribution in [1.82, 2.24) is 4.98 Å². The van der Waals surface area contributed by atoms with Crippen molar-refractivity contribution in [3.05, 3.63) is 41.9 Å². The third kappa shape index (κ3) is 2.77. The summed E-state index contributed by atoms with van der Waals surface area (Å²) >= 11 is 0. The molecule has 0 amide bonds. The van der Waals surface area contributed by atoms with Crippen molar-refractivity contribution >= 4 is 21.7 Å². The van der Waals surface area contributed by atoms with E-state index in [2.05, 4.69) is 9.71 Å². The number of rotatable bonds is 4. The highest BCUT2D eigenvalue weighted by molar-refractivity contribution is 7.92. The van der Waals surface area contributed by atoms with Crippen LogP contribution in [0.15, 0.2) is 33.7 Å². The van der Waals surface area contributed by atoms with Crippen LogP contribution >= 0.6 is 0 Å². The molecule has 9 heteroatoms. The summed E-state index contributed by atoms with van der Waals surface area (Å²) in [5, 5.41) is 8.75. The lowest BCUT2D eigenvalue weighted by Crippen LogP contribution is -2.13. The Morgan fingerprint density at radius 3 is 2.65 bits per heavy atom. The lowest BCUT2D eigenvalue weighted by Gasteiger charge is -2.05. The van der Waals surface area contributed by atoms with Gasteiger partial charge in [0, 0.05) is 6.07 Å². The summed E-state index contributed by atoms with van der Waals surface area (Å²) in [6.07, 6.45) is 1.00. The molecule has 2 N–H and O–H groups in total. The Bertz CT molecular complexity index is 752. The number of anilines is 1. The number of nitrogens with zero attached hydrogens (tertiary/aromatic N) is 1. The zero-order chi connectivity index (χ0) is 14.9. The lowest BCUT2D eigenvalue weighted by atomic mass is 10.4. The zero-order valence-electron chi connectivity index (χ0n) is 10.1. The summed E-state index contributed by atoms with van der Waals surface area (Å²) in [6, 6.07) is 3.08. The average molecular weight is 300 g/mol. The number of hydrogen-bond acceptors (Lipinski definition) is 5. The molecule has 0 unspecified atom stereocenters. The third-order valence-corrected chi connectivity index (χ3v) is 3.84. The van der Waals surface area contributed by atoms with Gasteiger partial charge in [0.25, 0.3) is 10.0 Å². The molecule has 0 fully saturated rings. The van der Waals surface area contributed by atoms with Crippen LogP contribution in [0, 0.1) is 12.9 Å². The molecule has 7 nitrogen and oxygen atoms in total. The molecule has 0 atom stereocenters. The number of sulfonamides is 1. The number of aromatic carboxylic acids is 1. The Balaban J connectivity index is 2.35. The van der Waals surface area contributed by atoms with Crippen LogP contribution in [0.3, 0.4) is 0 Å². The standard InChI is InChI=1S/C11H9FN2O5S/c1-6-9(4-8(19-6)11(15)16)20(17,18)14-7-2-3-10(12)13-5-7/h2-5,14H,1H3,(H,15,16). The number of carboxylic acid groups (broad SMARTS) is 1. The lowest BCUT2D eigenvalue weighted by molar-refractivity contribution is 0.0661. The van der Waals surface area contributed by atoms with Crippen molar-refractivity contribution in [3.63, 3.8) is 0 Å². The van der Waals surface area contributed by atoms with Gasteiger partial charge in [0.1, 0.15) is 10.7 Å². The number of carboxylic acids is 1. The molecule has 106 valence electrons. The van der Waals surface area contributed by atoms with Gasteiger partial charge in [0.2, 0.25) is 11.7 Å². The highest BCUT2D eigenvalue weighted by Crippen LogP contribution is 2.22. The number of aryl methyl sites for hydroxylation is 1. The van der Waals surface area contributed by atoms with Crippen LogP contribution in [0.5, 0.6) is 0 Å². The van der Waals surface area contributed by atoms with E-state index in [1.165, 1.54) is 13.0 Å².